The van der Waals surface area contributed by atoms with Gasteiger partial charge in [0, 0.05) is 42.2 Å². The van der Waals surface area contributed by atoms with Gasteiger partial charge in [0.2, 0.25) is 0 Å². The first kappa shape index (κ1) is 12.4. The van der Waals surface area contributed by atoms with Gasteiger partial charge in [-0.3, -0.25) is 9.67 Å². The molecule has 19 heavy (non-hydrogen) atoms. The summed E-state index contributed by atoms with van der Waals surface area (Å²) in [5.41, 5.74) is 4.93. The number of aromatic nitrogens is 3. The van der Waals surface area contributed by atoms with Crippen molar-refractivity contribution in [3.05, 3.63) is 35.9 Å². The Labute approximate surface area is 113 Å². The number of nitrogens with one attached hydrogen (secondary N) is 1. The number of nitrogens with zero attached hydrogens (tertiary/aromatic N) is 3. The van der Waals surface area contributed by atoms with E-state index in [0.717, 1.165) is 13.1 Å². The predicted octanol–water partition coefficient (Wildman–Crippen LogP) is 2.26. The van der Waals surface area contributed by atoms with Crippen LogP contribution in [0.25, 0.3) is 11.1 Å². The largest absolute Gasteiger partial charge is 0.317 e. The van der Waals surface area contributed by atoms with Crippen LogP contribution in [0.2, 0.25) is 0 Å². The SMILES string of the molecule is Cc1c(-c2cccnc2)c(C2CCNCC2)nn1C. The van der Waals surface area contributed by atoms with Crippen LogP contribution in [0.3, 0.4) is 0 Å². The third kappa shape index (κ3) is 2.28. The minimum Gasteiger partial charge on any atom is -0.317 e. The Morgan fingerprint density at radius 1 is 1.32 bits per heavy atom. The molecule has 4 nitrogen and oxygen atoms in total. The molecule has 0 spiro atoms. The van der Waals surface area contributed by atoms with E-state index < -0.39 is 0 Å². The van der Waals surface area contributed by atoms with Crippen molar-refractivity contribution in [2.45, 2.75) is 25.7 Å². The van der Waals surface area contributed by atoms with E-state index in [2.05, 4.69) is 23.3 Å². The maximum atomic E-state index is 4.77. The van der Waals surface area contributed by atoms with Crippen LogP contribution < -0.4 is 5.32 Å². The quantitative estimate of drug-likeness (QED) is 0.896. The zero-order valence-electron chi connectivity index (χ0n) is 11.6. The minimum atomic E-state index is 0.566. The highest BCUT2D eigenvalue weighted by molar-refractivity contribution is 5.68. The fraction of sp³-hybridized carbons (Fsp3) is 0.467. The third-order valence-corrected chi connectivity index (χ3v) is 4.04. The predicted molar refractivity (Wildman–Crippen MR) is 76.0 cm³/mol. The Bertz CT molecular complexity index is 553. The van der Waals surface area contributed by atoms with Crippen molar-refractivity contribution in [3.63, 3.8) is 0 Å². The monoisotopic (exact) mass is 256 g/mol. The van der Waals surface area contributed by atoms with Crippen molar-refractivity contribution in [1.82, 2.24) is 20.1 Å². The first-order valence-corrected chi connectivity index (χ1v) is 6.92. The van der Waals surface area contributed by atoms with E-state index in [9.17, 15) is 0 Å². The highest BCUT2D eigenvalue weighted by Gasteiger charge is 2.24. The van der Waals surface area contributed by atoms with Crippen molar-refractivity contribution >= 4 is 0 Å². The normalized spacial score (nSPS) is 16.7. The molecule has 1 N–H and O–H groups in total. The van der Waals surface area contributed by atoms with Crippen LogP contribution in [-0.4, -0.2) is 27.9 Å². The van der Waals surface area contributed by atoms with Gasteiger partial charge in [0.15, 0.2) is 0 Å². The average Bonchev–Trinajstić information content (AvgIpc) is 2.77. The second-order valence-corrected chi connectivity index (χ2v) is 5.24. The van der Waals surface area contributed by atoms with Crippen LogP contribution in [0.15, 0.2) is 24.5 Å². The average molecular weight is 256 g/mol. The molecule has 0 radical (unpaired) electrons. The van der Waals surface area contributed by atoms with Gasteiger partial charge in [0.1, 0.15) is 0 Å². The molecule has 4 heteroatoms. The van der Waals surface area contributed by atoms with Gasteiger partial charge in [0.05, 0.1) is 5.69 Å². The summed E-state index contributed by atoms with van der Waals surface area (Å²) in [4.78, 5) is 4.25. The Kier molecular flexibility index (Phi) is 3.34. The Morgan fingerprint density at radius 3 is 2.79 bits per heavy atom. The standard InChI is InChI=1S/C15H20N4/c1-11-14(13-4-3-7-17-10-13)15(18-19(11)2)12-5-8-16-9-6-12/h3-4,7,10,12,16H,5-6,8-9H2,1-2H3. The molecule has 0 bridgehead atoms. The fourth-order valence-corrected chi connectivity index (χ4v) is 2.88. The van der Waals surface area contributed by atoms with Gasteiger partial charge in [0.25, 0.3) is 0 Å². The summed E-state index contributed by atoms with van der Waals surface area (Å²) in [6, 6.07) is 4.12. The van der Waals surface area contributed by atoms with E-state index in [1.54, 1.807) is 0 Å². The Morgan fingerprint density at radius 2 is 2.11 bits per heavy atom. The number of pyridine rings is 1. The summed E-state index contributed by atoms with van der Waals surface area (Å²) in [6.07, 6.45) is 6.10. The zero-order valence-corrected chi connectivity index (χ0v) is 11.6. The van der Waals surface area contributed by atoms with Crippen LogP contribution in [0.4, 0.5) is 0 Å². The summed E-state index contributed by atoms with van der Waals surface area (Å²) < 4.78 is 2.00. The first-order valence-electron chi connectivity index (χ1n) is 6.92. The highest BCUT2D eigenvalue weighted by Crippen LogP contribution is 2.34. The van der Waals surface area contributed by atoms with Crippen molar-refractivity contribution in [2.24, 2.45) is 7.05 Å². The van der Waals surface area contributed by atoms with Gasteiger partial charge in [-0.2, -0.15) is 5.10 Å². The summed E-state index contributed by atoms with van der Waals surface area (Å²) in [7, 11) is 2.03. The molecule has 100 valence electrons. The molecule has 1 aliphatic heterocycles. The number of hydrogen-bond donors (Lipinski definition) is 1. The second-order valence-electron chi connectivity index (χ2n) is 5.24. The van der Waals surface area contributed by atoms with Crippen molar-refractivity contribution in [3.8, 4) is 11.1 Å². The maximum Gasteiger partial charge on any atom is 0.0738 e. The molecular weight excluding hydrogens is 236 g/mol. The van der Waals surface area contributed by atoms with Gasteiger partial charge >= 0.3 is 0 Å². The van der Waals surface area contributed by atoms with Crippen LogP contribution in [0, 0.1) is 6.92 Å². The summed E-state index contributed by atoms with van der Waals surface area (Å²) in [5.74, 6) is 0.566. The summed E-state index contributed by atoms with van der Waals surface area (Å²) >= 11 is 0. The lowest BCUT2D eigenvalue weighted by molar-refractivity contribution is 0.450. The minimum absolute atomic E-state index is 0.566. The highest BCUT2D eigenvalue weighted by atomic mass is 15.3. The lowest BCUT2D eigenvalue weighted by Crippen LogP contribution is -2.27. The van der Waals surface area contributed by atoms with Crippen LogP contribution in [-0.2, 0) is 7.05 Å². The van der Waals surface area contributed by atoms with Crippen LogP contribution in [0.5, 0.6) is 0 Å². The van der Waals surface area contributed by atoms with E-state index in [1.165, 1.54) is 35.4 Å². The number of aryl methyl sites for hydroxylation is 1. The molecule has 3 rings (SSSR count). The topological polar surface area (TPSA) is 42.7 Å². The van der Waals surface area contributed by atoms with Crippen LogP contribution in [0.1, 0.15) is 30.1 Å². The second kappa shape index (κ2) is 5.13. The summed E-state index contributed by atoms with van der Waals surface area (Å²) in [6.45, 7) is 4.32. The molecule has 0 amide bonds. The lowest BCUT2D eigenvalue weighted by Gasteiger charge is -2.22. The van der Waals surface area contributed by atoms with Gasteiger partial charge in [-0.25, -0.2) is 0 Å². The number of piperidine rings is 1. The van der Waals surface area contributed by atoms with E-state index in [-0.39, 0.29) is 0 Å². The van der Waals surface area contributed by atoms with E-state index in [4.69, 9.17) is 5.10 Å². The molecule has 2 aromatic rings. The maximum absolute atomic E-state index is 4.77. The van der Waals surface area contributed by atoms with Gasteiger partial charge in [-0.15, -0.1) is 0 Å². The van der Waals surface area contributed by atoms with E-state index >= 15 is 0 Å². The lowest BCUT2D eigenvalue weighted by atomic mass is 9.89. The van der Waals surface area contributed by atoms with Gasteiger partial charge in [-0.1, -0.05) is 6.07 Å². The molecule has 1 saturated heterocycles. The van der Waals surface area contributed by atoms with Gasteiger partial charge in [-0.05, 0) is 38.9 Å². The molecule has 2 aromatic heterocycles. The molecule has 0 saturated carbocycles. The molecular formula is C15H20N4. The molecule has 1 fully saturated rings. The third-order valence-electron chi connectivity index (χ3n) is 4.04. The molecule has 0 atom stereocenters. The summed E-state index contributed by atoms with van der Waals surface area (Å²) in [5, 5.41) is 8.19. The number of hydrogen-bond acceptors (Lipinski definition) is 3. The number of rotatable bonds is 2. The van der Waals surface area contributed by atoms with Crippen molar-refractivity contribution in [2.75, 3.05) is 13.1 Å². The van der Waals surface area contributed by atoms with E-state index in [1.807, 2.05) is 30.2 Å². The molecule has 1 aliphatic rings. The smallest absolute Gasteiger partial charge is 0.0738 e. The molecule has 3 heterocycles. The molecule has 0 aliphatic carbocycles. The first-order chi connectivity index (χ1) is 9.27. The fourth-order valence-electron chi connectivity index (χ4n) is 2.88. The zero-order chi connectivity index (χ0) is 13.2. The molecule has 0 aromatic carbocycles. The van der Waals surface area contributed by atoms with Crippen molar-refractivity contribution < 1.29 is 0 Å². The van der Waals surface area contributed by atoms with Gasteiger partial charge < -0.3 is 5.32 Å². The van der Waals surface area contributed by atoms with Crippen LogP contribution >= 0.6 is 0 Å². The van der Waals surface area contributed by atoms with E-state index in [0.29, 0.717) is 5.92 Å². The van der Waals surface area contributed by atoms with Crippen molar-refractivity contribution in [1.29, 1.82) is 0 Å². The molecule has 0 unspecified atom stereocenters. The Hall–Kier alpha value is -1.68. The Balaban J connectivity index is 2.07.